The van der Waals surface area contributed by atoms with Crippen LogP contribution in [-0.4, -0.2) is 41.7 Å². The van der Waals surface area contributed by atoms with E-state index in [1.165, 1.54) is 0 Å². The second-order valence-corrected chi connectivity index (χ2v) is 7.75. The van der Waals surface area contributed by atoms with Gasteiger partial charge in [-0.25, -0.2) is 4.98 Å². The van der Waals surface area contributed by atoms with Gasteiger partial charge in [-0.3, -0.25) is 4.79 Å². The number of hydrogen-bond acceptors (Lipinski definition) is 6. The summed E-state index contributed by atoms with van der Waals surface area (Å²) in [6.07, 6.45) is 2.97. The predicted octanol–water partition coefficient (Wildman–Crippen LogP) is 2.88. The summed E-state index contributed by atoms with van der Waals surface area (Å²) in [5.41, 5.74) is 8.15. The van der Waals surface area contributed by atoms with Crippen LogP contribution in [0.15, 0.2) is 24.3 Å². The molecule has 0 radical (unpaired) electrons. The van der Waals surface area contributed by atoms with Gasteiger partial charge in [-0.05, 0) is 43.9 Å². The van der Waals surface area contributed by atoms with Crippen LogP contribution in [0.4, 0.5) is 11.8 Å². The summed E-state index contributed by atoms with van der Waals surface area (Å²) in [4.78, 5) is 23.1. The Morgan fingerprint density at radius 3 is 2.86 bits per heavy atom. The Morgan fingerprint density at radius 1 is 1.32 bits per heavy atom. The highest BCUT2D eigenvalue weighted by molar-refractivity contribution is 6.31. The first-order valence-corrected chi connectivity index (χ1v) is 9.95. The molecular formula is C20H24ClN5O2. The van der Waals surface area contributed by atoms with Crippen LogP contribution in [-0.2, 0) is 4.74 Å². The number of aryl methyl sites for hydroxylation is 1. The number of ether oxygens (including phenoxy) is 1. The fourth-order valence-corrected chi connectivity index (χ4v) is 3.77. The molecule has 1 saturated heterocycles. The lowest BCUT2D eigenvalue weighted by Crippen LogP contribution is -2.32. The van der Waals surface area contributed by atoms with Gasteiger partial charge < -0.3 is 20.7 Å². The minimum atomic E-state index is -0.121. The highest BCUT2D eigenvalue weighted by Crippen LogP contribution is 2.33. The largest absolute Gasteiger partial charge is 0.379 e. The number of anilines is 2. The lowest BCUT2D eigenvalue weighted by Gasteiger charge is -2.31. The number of halogens is 1. The molecule has 2 fully saturated rings. The molecule has 0 bridgehead atoms. The van der Waals surface area contributed by atoms with Crippen LogP contribution in [0.3, 0.4) is 0 Å². The fourth-order valence-electron chi connectivity index (χ4n) is 3.47. The molecule has 0 spiro atoms. The van der Waals surface area contributed by atoms with Crippen LogP contribution >= 0.6 is 11.6 Å². The van der Waals surface area contributed by atoms with Crippen molar-refractivity contribution in [3.8, 4) is 0 Å². The molecular weight excluding hydrogens is 378 g/mol. The molecule has 4 rings (SSSR count). The number of nitrogens with zero attached hydrogens (tertiary/aromatic N) is 3. The summed E-state index contributed by atoms with van der Waals surface area (Å²) >= 11 is 6.61. The Labute approximate surface area is 169 Å². The predicted molar refractivity (Wildman–Crippen MR) is 109 cm³/mol. The monoisotopic (exact) mass is 401 g/mol. The van der Waals surface area contributed by atoms with E-state index in [0.29, 0.717) is 29.8 Å². The van der Waals surface area contributed by atoms with Crippen molar-refractivity contribution in [3.05, 3.63) is 46.1 Å². The third kappa shape index (κ3) is 4.20. The van der Waals surface area contributed by atoms with Crippen LogP contribution in [0.5, 0.6) is 0 Å². The number of hydrogen-bond donors (Lipinski definition) is 2. The number of nitrogens with two attached hydrogens (primary N) is 1. The Hall–Kier alpha value is -2.38. The lowest BCUT2D eigenvalue weighted by molar-refractivity contribution is 0.0951. The van der Waals surface area contributed by atoms with Gasteiger partial charge in [-0.15, -0.1) is 0 Å². The molecule has 2 aromatic rings. The van der Waals surface area contributed by atoms with Crippen LogP contribution < -0.4 is 16.0 Å². The van der Waals surface area contributed by atoms with Crippen molar-refractivity contribution in [3.63, 3.8) is 0 Å². The molecule has 2 aliphatic rings. The van der Waals surface area contributed by atoms with Crippen molar-refractivity contribution in [1.29, 1.82) is 0 Å². The third-order valence-electron chi connectivity index (χ3n) is 5.03. The average molecular weight is 402 g/mol. The van der Waals surface area contributed by atoms with Crippen LogP contribution in [0.25, 0.3) is 0 Å². The van der Waals surface area contributed by atoms with E-state index in [2.05, 4.69) is 20.2 Å². The zero-order chi connectivity index (χ0) is 19.7. The van der Waals surface area contributed by atoms with Gasteiger partial charge in [0, 0.05) is 41.5 Å². The molecule has 1 amide bonds. The first kappa shape index (κ1) is 19.0. The molecule has 1 unspecified atom stereocenters. The first-order chi connectivity index (χ1) is 13.5. The van der Waals surface area contributed by atoms with Gasteiger partial charge in [-0.2, -0.15) is 4.98 Å². The van der Waals surface area contributed by atoms with Gasteiger partial charge >= 0.3 is 0 Å². The van der Waals surface area contributed by atoms with Crippen LogP contribution in [0, 0.1) is 6.92 Å². The van der Waals surface area contributed by atoms with Crippen LogP contribution in [0.1, 0.15) is 46.9 Å². The second kappa shape index (κ2) is 7.93. The van der Waals surface area contributed by atoms with E-state index in [9.17, 15) is 4.79 Å². The summed E-state index contributed by atoms with van der Waals surface area (Å²) in [6, 6.07) is 7.57. The summed E-state index contributed by atoms with van der Waals surface area (Å²) in [7, 11) is 0. The summed E-state index contributed by atoms with van der Waals surface area (Å²) in [6.45, 7) is 3.81. The molecule has 1 aliphatic carbocycles. The maximum atomic E-state index is 12.3. The van der Waals surface area contributed by atoms with E-state index in [1.54, 1.807) is 6.07 Å². The minimum absolute atomic E-state index is 0.0795. The topological polar surface area (TPSA) is 93.4 Å². The zero-order valence-electron chi connectivity index (χ0n) is 15.8. The Balaban J connectivity index is 1.64. The number of amides is 1. The van der Waals surface area contributed by atoms with Gasteiger partial charge in [-0.1, -0.05) is 17.7 Å². The van der Waals surface area contributed by atoms with Gasteiger partial charge in [0.25, 0.3) is 5.91 Å². The molecule has 8 heteroatoms. The SMILES string of the molecule is Cc1cc(N2CCCOCC2c2ccc(C(=O)NC3CC3)cc2Cl)nc(N)n1. The molecule has 2 heterocycles. The number of nitrogens with one attached hydrogen (secondary N) is 1. The number of nitrogen functional groups attached to an aromatic ring is 1. The Kier molecular flexibility index (Phi) is 5.37. The Bertz CT molecular complexity index is 867. The maximum Gasteiger partial charge on any atom is 0.251 e. The highest BCUT2D eigenvalue weighted by atomic mass is 35.5. The van der Waals surface area contributed by atoms with Gasteiger partial charge in [0.2, 0.25) is 5.95 Å². The number of benzene rings is 1. The zero-order valence-corrected chi connectivity index (χ0v) is 16.6. The second-order valence-electron chi connectivity index (χ2n) is 7.35. The normalized spacial score (nSPS) is 19.9. The molecule has 148 valence electrons. The molecule has 7 nitrogen and oxygen atoms in total. The van der Waals surface area contributed by atoms with Gasteiger partial charge in [0.05, 0.1) is 12.6 Å². The van der Waals surface area contributed by atoms with E-state index in [1.807, 2.05) is 25.1 Å². The van der Waals surface area contributed by atoms with Crippen molar-refractivity contribution in [2.75, 3.05) is 30.4 Å². The standard InChI is InChI=1S/C20H24ClN5O2/c1-12-9-18(25-20(22)23-12)26-7-2-8-28-11-17(26)15-6-3-13(10-16(15)21)19(27)24-14-4-5-14/h3,6,9-10,14,17H,2,4-5,7-8,11H2,1H3,(H,24,27)(H2,22,23,25). The molecule has 3 N–H and O–H groups in total. The van der Waals surface area contributed by atoms with Gasteiger partial charge in [0.1, 0.15) is 5.82 Å². The van der Waals surface area contributed by atoms with E-state index in [-0.39, 0.29) is 17.9 Å². The van der Waals surface area contributed by atoms with E-state index >= 15 is 0 Å². The Morgan fingerprint density at radius 2 is 2.14 bits per heavy atom. The number of carbonyl (C=O) groups excluding carboxylic acids is 1. The highest BCUT2D eigenvalue weighted by Gasteiger charge is 2.28. The molecule has 1 atom stereocenters. The number of aromatic nitrogens is 2. The van der Waals surface area contributed by atoms with Crippen molar-refractivity contribution in [2.45, 2.75) is 38.3 Å². The number of rotatable bonds is 4. The fraction of sp³-hybridized carbons (Fsp3) is 0.450. The van der Waals surface area contributed by atoms with Gasteiger partial charge in [0.15, 0.2) is 0 Å². The minimum Gasteiger partial charge on any atom is -0.379 e. The smallest absolute Gasteiger partial charge is 0.251 e. The number of carbonyl (C=O) groups is 1. The van der Waals surface area contributed by atoms with E-state index in [0.717, 1.165) is 42.9 Å². The van der Waals surface area contributed by atoms with Crippen molar-refractivity contribution in [2.24, 2.45) is 0 Å². The molecule has 1 aromatic carbocycles. The molecule has 1 saturated carbocycles. The van der Waals surface area contributed by atoms with E-state index in [4.69, 9.17) is 22.1 Å². The van der Waals surface area contributed by atoms with Crippen molar-refractivity contribution >= 4 is 29.3 Å². The molecule has 28 heavy (non-hydrogen) atoms. The summed E-state index contributed by atoms with van der Waals surface area (Å²) < 4.78 is 5.81. The molecule has 1 aliphatic heterocycles. The third-order valence-corrected chi connectivity index (χ3v) is 5.35. The van der Waals surface area contributed by atoms with Crippen LogP contribution in [0.2, 0.25) is 5.02 Å². The van der Waals surface area contributed by atoms with E-state index < -0.39 is 0 Å². The summed E-state index contributed by atoms with van der Waals surface area (Å²) in [5, 5.41) is 3.53. The lowest BCUT2D eigenvalue weighted by atomic mass is 10.0. The van der Waals surface area contributed by atoms with Crippen molar-refractivity contribution in [1.82, 2.24) is 15.3 Å². The van der Waals surface area contributed by atoms with Crippen molar-refractivity contribution < 1.29 is 9.53 Å². The molecule has 1 aromatic heterocycles. The average Bonchev–Trinajstić information content (AvgIpc) is 3.47. The quantitative estimate of drug-likeness (QED) is 0.818. The summed E-state index contributed by atoms with van der Waals surface area (Å²) in [5.74, 6) is 0.924. The maximum absolute atomic E-state index is 12.3. The first-order valence-electron chi connectivity index (χ1n) is 9.57.